The summed E-state index contributed by atoms with van der Waals surface area (Å²) in [6.45, 7) is 0. The number of aromatic nitrogens is 1. The van der Waals surface area contributed by atoms with Gasteiger partial charge in [-0.15, -0.1) is 0 Å². The predicted octanol–water partition coefficient (Wildman–Crippen LogP) is 4.70. The van der Waals surface area contributed by atoms with Gasteiger partial charge >= 0.3 is 0 Å². The highest BCUT2D eigenvalue weighted by Gasteiger charge is 2.24. The summed E-state index contributed by atoms with van der Waals surface area (Å²) in [6, 6.07) is 21.5. The third kappa shape index (κ3) is 4.15. The predicted molar refractivity (Wildman–Crippen MR) is 123 cm³/mol. The molecule has 0 unspecified atom stereocenters. The number of hydrogen-bond acceptors (Lipinski definition) is 3. The lowest BCUT2D eigenvalue weighted by molar-refractivity contribution is 0.0923. The van der Waals surface area contributed by atoms with Gasteiger partial charge in [0.05, 0.1) is 12.1 Å². The van der Waals surface area contributed by atoms with Crippen LogP contribution >= 0.6 is 0 Å². The maximum atomic E-state index is 12.9. The van der Waals surface area contributed by atoms with E-state index in [1.54, 1.807) is 18.2 Å². The van der Waals surface area contributed by atoms with Gasteiger partial charge in [0.2, 0.25) is 0 Å². The first-order chi connectivity index (χ1) is 15.7. The Hall–Kier alpha value is -3.47. The summed E-state index contributed by atoms with van der Waals surface area (Å²) in [7, 11) is 0. The zero-order valence-corrected chi connectivity index (χ0v) is 18.0. The summed E-state index contributed by atoms with van der Waals surface area (Å²) in [5.41, 5.74) is 5.47. The highest BCUT2D eigenvalue weighted by Crippen LogP contribution is 2.30. The van der Waals surface area contributed by atoms with Crippen molar-refractivity contribution in [2.75, 3.05) is 0 Å². The number of carbonyl (C=O) groups is 2. The minimum Gasteiger partial charge on any atom is -0.344 e. The quantitative estimate of drug-likeness (QED) is 0.637. The topological polar surface area (TPSA) is 71.1 Å². The summed E-state index contributed by atoms with van der Waals surface area (Å²) >= 11 is 0. The molecule has 0 saturated carbocycles. The van der Waals surface area contributed by atoms with Crippen LogP contribution in [0.4, 0.5) is 0 Å². The van der Waals surface area contributed by atoms with E-state index in [4.69, 9.17) is 0 Å². The van der Waals surface area contributed by atoms with E-state index in [1.165, 1.54) is 22.3 Å². The van der Waals surface area contributed by atoms with Crippen molar-refractivity contribution in [3.8, 4) is 0 Å². The van der Waals surface area contributed by atoms with Gasteiger partial charge in [0.25, 0.3) is 11.8 Å². The molecule has 0 radical (unpaired) electrons. The minimum absolute atomic E-state index is 0.0227. The minimum atomic E-state index is -0.246. The molecule has 0 bridgehead atoms. The number of nitrogens with one attached hydrogen (secondary N) is 2. The zero-order valence-electron chi connectivity index (χ0n) is 18.0. The van der Waals surface area contributed by atoms with Crippen LogP contribution < -0.4 is 10.6 Å². The summed E-state index contributed by atoms with van der Waals surface area (Å²) in [5.74, 6) is -0.492. The van der Waals surface area contributed by atoms with Gasteiger partial charge in [-0.1, -0.05) is 54.6 Å². The number of carbonyl (C=O) groups excluding carboxylic acids is 2. The fraction of sp³-hybridized carbons (Fsp3) is 0.296. The van der Waals surface area contributed by atoms with Crippen molar-refractivity contribution in [2.45, 2.75) is 50.6 Å². The summed E-state index contributed by atoms with van der Waals surface area (Å²) < 4.78 is 0. The van der Waals surface area contributed by atoms with Crippen LogP contribution in [0.3, 0.4) is 0 Å². The molecule has 2 N–H and O–H groups in total. The molecule has 2 amide bonds. The average molecular weight is 426 g/mol. The molecule has 0 aliphatic heterocycles. The van der Waals surface area contributed by atoms with Gasteiger partial charge < -0.3 is 10.6 Å². The first-order valence-electron chi connectivity index (χ1n) is 11.4. The number of fused-ring (bicyclic) bond motifs is 2. The Morgan fingerprint density at radius 2 is 1.12 bits per heavy atom. The van der Waals surface area contributed by atoms with E-state index in [0.29, 0.717) is 0 Å². The third-order valence-electron chi connectivity index (χ3n) is 6.56. The Labute approximate surface area is 188 Å². The van der Waals surface area contributed by atoms with Crippen molar-refractivity contribution < 1.29 is 9.59 Å². The molecule has 2 atom stereocenters. The molecule has 2 aliphatic rings. The van der Waals surface area contributed by atoms with E-state index in [0.717, 1.165) is 38.5 Å². The SMILES string of the molecule is O=C(N[C@H]1CCCc2ccccc21)c1cccc(C(=O)N[C@@H]2CCCc3ccccc32)n1. The van der Waals surface area contributed by atoms with Crippen LogP contribution in [-0.4, -0.2) is 16.8 Å². The second-order valence-electron chi connectivity index (χ2n) is 8.64. The maximum Gasteiger partial charge on any atom is 0.270 e. The third-order valence-corrected chi connectivity index (χ3v) is 6.56. The second-order valence-corrected chi connectivity index (χ2v) is 8.64. The van der Waals surface area contributed by atoms with Gasteiger partial charge in [-0.3, -0.25) is 9.59 Å². The van der Waals surface area contributed by atoms with E-state index in [2.05, 4.69) is 39.9 Å². The molecule has 5 rings (SSSR count). The number of amides is 2. The number of rotatable bonds is 4. The standard InChI is InChI=1S/C27H27N3O2/c31-26(29-22-14-5-10-18-8-1-3-12-20(18)22)24-16-7-17-25(28-24)27(32)30-23-15-6-11-19-9-2-4-13-21(19)23/h1-4,7-9,12-13,16-17,22-23H,5-6,10-11,14-15H2,(H,29,31)(H,30,32)/t22-,23+. The Kier molecular flexibility index (Phi) is 5.71. The fourth-order valence-electron chi connectivity index (χ4n) is 4.96. The van der Waals surface area contributed by atoms with Crippen molar-refractivity contribution in [3.05, 3.63) is 100 Å². The van der Waals surface area contributed by atoms with Gasteiger partial charge in [0.15, 0.2) is 0 Å². The monoisotopic (exact) mass is 425 g/mol. The number of nitrogens with zero attached hydrogens (tertiary/aromatic N) is 1. The molecule has 1 aromatic heterocycles. The van der Waals surface area contributed by atoms with E-state index in [9.17, 15) is 9.59 Å². The molecule has 0 fully saturated rings. The molecular weight excluding hydrogens is 398 g/mol. The first kappa shape index (κ1) is 20.4. The van der Waals surface area contributed by atoms with Crippen LogP contribution in [0.5, 0.6) is 0 Å². The molecule has 2 aromatic carbocycles. The number of benzene rings is 2. The van der Waals surface area contributed by atoms with Crippen molar-refractivity contribution in [3.63, 3.8) is 0 Å². The lowest BCUT2D eigenvalue weighted by Crippen LogP contribution is -2.33. The van der Waals surface area contributed by atoms with E-state index < -0.39 is 0 Å². The number of hydrogen-bond donors (Lipinski definition) is 2. The lowest BCUT2D eigenvalue weighted by atomic mass is 9.87. The average Bonchev–Trinajstić information content (AvgIpc) is 2.84. The van der Waals surface area contributed by atoms with Crippen LogP contribution in [0.25, 0.3) is 0 Å². The maximum absolute atomic E-state index is 12.9. The van der Waals surface area contributed by atoms with Crippen LogP contribution in [0.1, 0.15) is 81.0 Å². The van der Waals surface area contributed by atoms with Gasteiger partial charge in [0.1, 0.15) is 11.4 Å². The van der Waals surface area contributed by atoms with Gasteiger partial charge in [-0.05, 0) is 72.9 Å². The van der Waals surface area contributed by atoms with Crippen molar-refractivity contribution in [1.29, 1.82) is 0 Å². The molecular formula is C27H27N3O2. The molecule has 5 heteroatoms. The van der Waals surface area contributed by atoms with Gasteiger partial charge in [0, 0.05) is 0 Å². The molecule has 5 nitrogen and oxygen atoms in total. The van der Waals surface area contributed by atoms with Gasteiger partial charge in [-0.25, -0.2) is 4.98 Å². The lowest BCUT2D eigenvalue weighted by Gasteiger charge is -2.26. The van der Waals surface area contributed by atoms with Crippen LogP contribution in [0.15, 0.2) is 66.7 Å². The Bertz CT molecular complexity index is 1070. The van der Waals surface area contributed by atoms with E-state index in [-0.39, 0.29) is 35.3 Å². The zero-order chi connectivity index (χ0) is 21.9. The molecule has 1 heterocycles. The van der Waals surface area contributed by atoms with Crippen LogP contribution in [0, 0.1) is 0 Å². The molecule has 0 saturated heterocycles. The van der Waals surface area contributed by atoms with Crippen molar-refractivity contribution in [2.24, 2.45) is 0 Å². The molecule has 3 aromatic rings. The number of aryl methyl sites for hydroxylation is 2. The molecule has 2 aliphatic carbocycles. The Morgan fingerprint density at radius 1 is 0.656 bits per heavy atom. The Balaban J connectivity index is 1.30. The van der Waals surface area contributed by atoms with Crippen LogP contribution in [0.2, 0.25) is 0 Å². The fourth-order valence-corrected chi connectivity index (χ4v) is 4.96. The van der Waals surface area contributed by atoms with Crippen LogP contribution in [-0.2, 0) is 12.8 Å². The summed E-state index contributed by atoms with van der Waals surface area (Å²) in [6.07, 6.45) is 5.98. The smallest absolute Gasteiger partial charge is 0.270 e. The largest absolute Gasteiger partial charge is 0.344 e. The highest BCUT2D eigenvalue weighted by atomic mass is 16.2. The first-order valence-corrected chi connectivity index (χ1v) is 11.4. The van der Waals surface area contributed by atoms with Gasteiger partial charge in [-0.2, -0.15) is 0 Å². The normalized spacial score (nSPS) is 19.4. The van der Waals surface area contributed by atoms with Crippen molar-refractivity contribution in [1.82, 2.24) is 15.6 Å². The molecule has 162 valence electrons. The highest BCUT2D eigenvalue weighted by molar-refractivity contribution is 5.96. The molecule has 0 spiro atoms. The second kappa shape index (κ2) is 8.95. The Morgan fingerprint density at radius 3 is 1.62 bits per heavy atom. The number of pyridine rings is 1. The summed E-state index contributed by atoms with van der Waals surface area (Å²) in [5, 5.41) is 6.24. The van der Waals surface area contributed by atoms with E-state index in [1.807, 2.05) is 24.3 Å². The summed E-state index contributed by atoms with van der Waals surface area (Å²) in [4.78, 5) is 30.3. The van der Waals surface area contributed by atoms with E-state index >= 15 is 0 Å². The molecule has 32 heavy (non-hydrogen) atoms. The van der Waals surface area contributed by atoms with Crippen molar-refractivity contribution >= 4 is 11.8 Å².